The van der Waals surface area contributed by atoms with Gasteiger partial charge in [-0.05, 0) is 132 Å². The van der Waals surface area contributed by atoms with E-state index < -0.39 is 45.1 Å². The van der Waals surface area contributed by atoms with Gasteiger partial charge in [-0.1, -0.05) is 52.0 Å². The maximum absolute atomic E-state index is 13.2. The van der Waals surface area contributed by atoms with Crippen molar-refractivity contribution < 1.29 is 48.0 Å². The summed E-state index contributed by atoms with van der Waals surface area (Å²) in [6, 6.07) is 40.3. The molecule has 73 heavy (non-hydrogen) atoms. The van der Waals surface area contributed by atoms with Gasteiger partial charge in [0, 0.05) is 59.8 Å². The SMILES string of the molecule is CCC(=O)Oc1ccc(N(c2ccc(OC(=O)CC)cc2)c2ccc(-c3c([N+](=O)[O-])c([N+](=O)[O-])c(-c4ccc(N(c5ccc(OC(=O)CC)cc5)c5ccc(OC(=O)CC)cc5)cc4)c4nsnc34)cc2)cc1. The summed E-state index contributed by atoms with van der Waals surface area (Å²) in [5.74, 6) is -0.266. The topological polar surface area (TPSA) is 224 Å². The number of nitro groups is 2. The van der Waals surface area contributed by atoms with Crippen molar-refractivity contribution in [1.29, 1.82) is 0 Å². The molecule has 0 atom stereocenters. The number of nitro benzene ring substituents is 2. The summed E-state index contributed by atoms with van der Waals surface area (Å²) < 4.78 is 30.5. The zero-order valence-electron chi connectivity index (χ0n) is 39.7. The molecule has 0 spiro atoms. The van der Waals surface area contributed by atoms with Crippen LogP contribution in [0.15, 0.2) is 146 Å². The van der Waals surface area contributed by atoms with E-state index in [4.69, 9.17) is 18.9 Å². The smallest absolute Gasteiger partial charge is 0.356 e. The van der Waals surface area contributed by atoms with Gasteiger partial charge < -0.3 is 28.7 Å². The fraction of sp³-hybridized carbons (Fsp3) is 0.148. The maximum atomic E-state index is 13.2. The van der Waals surface area contributed by atoms with Crippen LogP contribution in [-0.2, 0) is 19.2 Å². The van der Waals surface area contributed by atoms with Gasteiger partial charge in [0.2, 0.25) is 0 Å². The number of anilines is 6. The molecule has 0 aliphatic rings. The van der Waals surface area contributed by atoms with Crippen LogP contribution in [0, 0.1) is 20.2 Å². The van der Waals surface area contributed by atoms with Gasteiger partial charge in [0.05, 0.1) is 32.7 Å². The summed E-state index contributed by atoms with van der Waals surface area (Å²) >= 11 is 0.754. The van der Waals surface area contributed by atoms with Crippen LogP contribution >= 0.6 is 11.7 Å². The summed E-state index contributed by atoms with van der Waals surface area (Å²) in [6.07, 6.45) is 0.747. The van der Waals surface area contributed by atoms with E-state index in [1.807, 2.05) is 9.80 Å². The fourth-order valence-corrected chi connectivity index (χ4v) is 8.36. The van der Waals surface area contributed by atoms with Crippen LogP contribution in [0.5, 0.6) is 23.0 Å². The predicted octanol–water partition coefficient (Wildman–Crippen LogP) is 13.0. The fourth-order valence-electron chi connectivity index (χ4n) is 7.80. The van der Waals surface area contributed by atoms with E-state index in [1.165, 1.54) is 0 Å². The Morgan fingerprint density at radius 1 is 0.411 bits per heavy atom. The first kappa shape index (κ1) is 50.0. The third-order valence-corrected chi connectivity index (χ3v) is 11.8. The van der Waals surface area contributed by atoms with E-state index in [-0.39, 0.29) is 59.0 Å². The van der Waals surface area contributed by atoms with Crippen molar-refractivity contribution in [2.45, 2.75) is 53.4 Å². The number of hydrogen-bond donors (Lipinski definition) is 0. The minimum atomic E-state index is -0.783. The third kappa shape index (κ3) is 11.0. The number of ether oxygens (including phenoxy) is 4. The minimum Gasteiger partial charge on any atom is -0.427 e. The summed E-state index contributed by atoms with van der Waals surface area (Å²) in [4.78, 5) is 76.7. The normalized spacial score (nSPS) is 10.8. The Kier molecular flexibility index (Phi) is 15.2. The lowest BCUT2D eigenvalue weighted by molar-refractivity contribution is -0.421. The third-order valence-electron chi connectivity index (χ3n) is 11.3. The summed E-state index contributed by atoms with van der Waals surface area (Å²) in [5.41, 5.74) is 2.58. The monoisotopic (exact) mass is 1000 g/mol. The molecule has 368 valence electrons. The average Bonchev–Trinajstić information content (AvgIpc) is 3.90. The summed E-state index contributed by atoms with van der Waals surface area (Å²) in [7, 11) is 0. The number of esters is 4. The van der Waals surface area contributed by atoms with Gasteiger partial charge in [-0.2, -0.15) is 8.75 Å². The number of aromatic nitrogens is 2. The molecule has 1 heterocycles. The van der Waals surface area contributed by atoms with Gasteiger partial charge in [0.1, 0.15) is 34.0 Å². The van der Waals surface area contributed by atoms with Crippen molar-refractivity contribution in [1.82, 2.24) is 8.75 Å². The first-order chi connectivity index (χ1) is 35.3. The van der Waals surface area contributed by atoms with Crippen molar-refractivity contribution in [3.8, 4) is 45.3 Å². The quantitative estimate of drug-likeness (QED) is 0.0337. The molecule has 0 fully saturated rings. The molecule has 0 N–H and O–H groups in total. The van der Waals surface area contributed by atoms with Crippen LogP contribution < -0.4 is 28.7 Å². The molecule has 1 aromatic heterocycles. The van der Waals surface area contributed by atoms with Crippen LogP contribution in [0.3, 0.4) is 0 Å². The molecule has 0 saturated heterocycles. The zero-order valence-corrected chi connectivity index (χ0v) is 40.5. The molecule has 18 nitrogen and oxygen atoms in total. The molecule has 0 saturated carbocycles. The highest BCUT2D eigenvalue weighted by molar-refractivity contribution is 7.00. The van der Waals surface area contributed by atoms with Gasteiger partial charge in [-0.3, -0.25) is 39.4 Å². The molecule has 19 heteroatoms. The van der Waals surface area contributed by atoms with Crippen LogP contribution in [0.25, 0.3) is 33.3 Å². The molecular weight excluding hydrogens is 957 g/mol. The Morgan fingerprint density at radius 3 is 0.836 bits per heavy atom. The Bertz CT molecular complexity index is 3000. The van der Waals surface area contributed by atoms with E-state index in [0.29, 0.717) is 57.1 Å². The standard InChI is InChI=1S/C54H44N6O12S/c1-5-45(61)69-41-25-17-37(18-26-41)57(38-19-27-42(28-20-38)70-46(62)6-2)35-13-9-33(10-14-35)49-51-52(56-73-55-51)50(54(60(67)68)53(49)59(65)66)34-11-15-36(16-12-34)58(39-21-29-43(30-22-39)71-47(63)7-3)40-23-31-44(32-24-40)72-48(64)8-4/h9-32H,5-8H2,1-4H3. The van der Waals surface area contributed by atoms with Crippen LogP contribution in [0.4, 0.5) is 45.5 Å². The second-order valence-corrected chi connectivity index (χ2v) is 16.5. The molecule has 0 aliphatic carbocycles. The molecular formula is C54H44N6O12S. The molecule has 0 unspecified atom stereocenters. The highest BCUT2D eigenvalue weighted by Gasteiger charge is 2.39. The Morgan fingerprint density at radius 2 is 0.630 bits per heavy atom. The Hall–Kier alpha value is -9.36. The van der Waals surface area contributed by atoms with Gasteiger partial charge in [0.25, 0.3) is 0 Å². The highest BCUT2D eigenvalue weighted by Crippen LogP contribution is 2.50. The second-order valence-electron chi connectivity index (χ2n) is 16.0. The van der Waals surface area contributed by atoms with E-state index in [1.54, 1.807) is 173 Å². The lowest BCUT2D eigenvalue weighted by atomic mass is 9.93. The highest BCUT2D eigenvalue weighted by atomic mass is 32.1. The number of carbonyl (C=O) groups is 4. The lowest BCUT2D eigenvalue weighted by Gasteiger charge is -2.26. The van der Waals surface area contributed by atoms with Crippen LogP contribution in [0.1, 0.15) is 53.4 Å². The number of benzene rings is 7. The van der Waals surface area contributed by atoms with E-state index in [9.17, 15) is 39.4 Å². The maximum Gasteiger partial charge on any atom is 0.356 e. The minimum absolute atomic E-state index is 0.0785. The van der Waals surface area contributed by atoms with Gasteiger partial charge in [-0.25, -0.2) is 0 Å². The molecule has 0 amide bonds. The number of hydrogen-bond acceptors (Lipinski definition) is 17. The molecule has 7 aromatic carbocycles. The second kappa shape index (κ2) is 22.2. The van der Waals surface area contributed by atoms with Crippen molar-refractivity contribution in [2.24, 2.45) is 0 Å². The Labute approximate surface area is 421 Å². The Balaban J connectivity index is 1.20. The molecule has 0 radical (unpaired) electrons. The molecule has 0 bridgehead atoms. The van der Waals surface area contributed by atoms with Crippen molar-refractivity contribution >= 4 is 92.1 Å². The number of fused-ring (bicyclic) bond motifs is 1. The molecule has 8 rings (SSSR count). The average molecular weight is 1000 g/mol. The van der Waals surface area contributed by atoms with Crippen molar-refractivity contribution in [3.05, 3.63) is 166 Å². The molecule has 8 aromatic rings. The summed E-state index contributed by atoms with van der Waals surface area (Å²) in [6.45, 7) is 6.75. The predicted molar refractivity (Wildman–Crippen MR) is 275 cm³/mol. The number of rotatable bonds is 18. The van der Waals surface area contributed by atoms with Gasteiger partial charge in [0.15, 0.2) is 0 Å². The van der Waals surface area contributed by atoms with Crippen molar-refractivity contribution in [3.63, 3.8) is 0 Å². The van der Waals surface area contributed by atoms with E-state index >= 15 is 0 Å². The van der Waals surface area contributed by atoms with Gasteiger partial charge in [-0.15, -0.1) is 0 Å². The van der Waals surface area contributed by atoms with E-state index in [2.05, 4.69) is 8.75 Å². The first-order valence-electron chi connectivity index (χ1n) is 23.0. The van der Waals surface area contributed by atoms with Crippen molar-refractivity contribution in [2.75, 3.05) is 9.80 Å². The largest absolute Gasteiger partial charge is 0.427 e. The number of nitrogens with zero attached hydrogens (tertiary/aromatic N) is 6. The van der Waals surface area contributed by atoms with Crippen LogP contribution in [0.2, 0.25) is 0 Å². The van der Waals surface area contributed by atoms with Crippen LogP contribution in [-0.4, -0.2) is 42.5 Å². The summed E-state index contributed by atoms with van der Waals surface area (Å²) in [5, 5.41) is 26.4. The first-order valence-corrected chi connectivity index (χ1v) is 23.7. The molecule has 0 aliphatic heterocycles. The van der Waals surface area contributed by atoms with Gasteiger partial charge >= 0.3 is 35.3 Å². The van der Waals surface area contributed by atoms with E-state index in [0.717, 1.165) is 11.7 Å². The zero-order chi connectivity index (χ0) is 51.8. The lowest BCUT2D eigenvalue weighted by Crippen LogP contribution is -2.11. The number of carbonyl (C=O) groups excluding carboxylic acids is 4.